The Morgan fingerprint density at radius 1 is 1.18 bits per heavy atom. The molecule has 0 spiro atoms. The normalized spacial score (nSPS) is 13.8. The summed E-state index contributed by atoms with van der Waals surface area (Å²) in [5.41, 5.74) is -1.03. The van der Waals surface area contributed by atoms with Crippen molar-refractivity contribution in [2.75, 3.05) is 0 Å². The van der Waals surface area contributed by atoms with Crippen LogP contribution in [0.2, 0.25) is 0 Å². The molecular formula is C11H8F6O4S. The van der Waals surface area contributed by atoms with Gasteiger partial charge in [0.2, 0.25) is 0 Å². The van der Waals surface area contributed by atoms with Crippen molar-refractivity contribution in [3.8, 4) is 0 Å². The first-order valence-corrected chi connectivity index (χ1v) is 6.95. The summed E-state index contributed by atoms with van der Waals surface area (Å²) >= 11 is 0. The molecule has 1 rings (SSSR count). The first-order valence-electron chi connectivity index (χ1n) is 5.48. The van der Waals surface area contributed by atoms with Gasteiger partial charge in [-0.15, -0.1) is 0 Å². The number of carbonyl (C=O) groups excluding carboxylic acids is 1. The van der Waals surface area contributed by atoms with Crippen LogP contribution in [0.5, 0.6) is 0 Å². The molecule has 0 fully saturated rings. The molecule has 11 heteroatoms. The molecule has 1 atom stereocenters. The smallest absolute Gasteiger partial charge is 0.346 e. The van der Waals surface area contributed by atoms with Gasteiger partial charge in [0.25, 0.3) is 0 Å². The molecule has 22 heavy (non-hydrogen) atoms. The fourth-order valence-electron chi connectivity index (χ4n) is 1.58. The monoisotopic (exact) mass is 350 g/mol. The quantitative estimate of drug-likeness (QED) is 0.476. The lowest BCUT2D eigenvalue weighted by Crippen LogP contribution is -2.24. The lowest BCUT2D eigenvalue weighted by Gasteiger charge is -2.19. The van der Waals surface area contributed by atoms with Gasteiger partial charge in [-0.25, -0.2) is 13.2 Å². The second-order valence-electron chi connectivity index (χ2n) is 4.17. The number of hydrogen-bond acceptors (Lipinski definition) is 4. The van der Waals surface area contributed by atoms with Gasteiger partial charge in [-0.1, -0.05) is 0 Å². The summed E-state index contributed by atoms with van der Waals surface area (Å²) < 4.78 is 103. The van der Waals surface area contributed by atoms with E-state index in [2.05, 4.69) is 4.18 Å². The number of benzene rings is 1. The maximum atomic E-state index is 13.1. The van der Waals surface area contributed by atoms with Crippen molar-refractivity contribution in [2.24, 2.45) is 0 Å². The third kappa shape index (κ3) is 4.61. The molecule has 0 aliphatic heterocycles. The van der Waals surface area contributed by atoms with Crippen LogP contribution in [0, 0.1) is 17.5 Å². The molecule has 0 aliphatic rings. The van der Waals surface area contributed by atoms with E-state index in [1.165, 1.54) is 0 Å². The van der Waals surface area contributed by atoms with Crippen molar-refractivity contribution < 1.29 is 43.7 Å². The lowest BCUT2D eigenvalue weighted by molar-refractivity contribution is -0.137. The summed E-state index contributed by atoms with van der Waals surface area (Å²) in [4.78, 5) is 10.7. The van der Waals surface area contributed by atoms with E-state index in [-0.39, 0.29) is 12.1 Å². The minimum atomic E-state index is -5.18. The molecule has 1 aromatic rings. The Morgan fingerprint density at radius 3 is 2.00 bits per heavy atom. The molecule has 1 unspecified atom stereocenters. The topological polar surface area (TPSA) is 60.4 Å². The SMILES string of the molecule is CC(=O)OS(=O)(=O)C(CC(F)(F)F)c1cc(F)c(F)c(F)c1. The average Bonchev–Trinajstić information content (AvgIpc) is 2.29. The molecule has 0 saturated carbocycles. The van der Waals surface area contributed by atoms with Crippen LogP contribution in [0.1, 0.15) is 24.2 Å². The van der Waals surface area contributed by atoms with Gasteiger partial charge in [-0.2, -0.15) is 21.6 Å². The predicted molar refractivity (Wildman–Crippen MR) is 60.4 cm³/mol. The van der Waals surface area contributed by atoms with E-state index < -0.39 is 56.9 Å². The van der Waals surface area contributed by atoms with Crippen LogP contribution in [0.3, 0.4) is 0 Å². The second kappa shape index (κ2) is 6.15. The maximum absolute atomic E-state index is 13.1. The molecule has 0 aromatic heterocycles. The zero-order valence-corrected chi connectivity index (χ0v) is 11.6. The predicted octanol–water partition coefficient (Wildman–Crippen LogP) is 2.99. The van der Waals surface area contributed by atoms with Crippen LogP contribution in [0.4, 0.5) is 26.3 Å². The van der Waals surface area contributed by atoms with Crippen LogP contribution in [0.15, 0.2) is 12.1 Å². The summed E-state index contributed by atoms with van der Waals surface area (Å²) in [5.74, 6) is -7.16. The van der Waals surface area contributed by atoms with E-state index in [1.54, 1.807) is 0 Å². The highest BCUT2D eigenvalue weighted by Crippen LogP contribution is 2.36. The Labute approximate surface area is 120 Å². The fraction of sp³-hybridized carbons (Fsp3) is 0.364. The lowest BCUT2D eigenvalue weighted by atomic mass is 10.1. The summed E-state index contributed by atoms with van der Waals surface area (Å²) in [6.45, 7) is 0.619. The van der Waals surface area contributed by atoms with Gasteiger partial charge < -0.3 is 4.18 Å². The van der Waals surface area contributed by atoms with E-state index in [0.717, 1.165) is 0 Å². The van der Waals surface area contributed by atoms with Crippen LogP contribution in [-0.2, 0) is 19.1 Å². The third-order valence-corrected chi connectivity index (χ3v) is 3.98. The van der Waals surface area contributed by atoms with Crippen molar-refractivity contribution in [3.05, 3.63) is 35.1 Å². The number of halogens is 6. The van der Waals surface area contributed by atoms with Crippen LogP contribution in [0.25, 0.3) is 0 Å². The Balaban J connectivity index is 3.42. The van der Waals surface area contributed by atoms with E-state index in [0.29, 0.717) is 6.92 Å². The number of alkyl halides is 3. The largest absolute Gasteiger partial charge is 0.390 e. The standard InChI is InChI=1S/C11H8F6O4S/c1-5(18)21-22(19,20)9(4-11(15,16)17)6-2-7(12)10(14)8(13)3-6/h2-3,9H,4H2,1H3. The number of carbonyl (C=O) groups is 1. The minimum Gasteiger partial charge on any atom is -0.346 e. The van der Waals surface area contributed by atoms with Crippen molar-refractivity contribution >= 4 is 16.1 Å². The fourth-order valence-corrected chi connectivity index (χ4v) is 2.89. The highest BCUT2D eigenvalue weighted by atomic mass is 32.2. The van der Waals surface area contributed by atoms with E-state index >= 15 is 0 Å². The molecule has 0 N–H and O–H groups in total. The van der Waals surface area contributed by atoms with Gasteiger partial charge in [0.1, 0.15) is 5.25 Å². The second-order valence-corrected chi connectivity index (χ2v) is 5.90. The Morgan fingerprint density at radius 2 is 1.64 bits per heavy atom. The highest BCUT2D eigenvalue weighted by Gasteiger charge is 2.41. The molecule has 0 amide bonds. The van der Waals surface area contributed by atoms with Gasteiger partial charge in [0.15, 0.2) is 17.5 Å². The van der Waals surface area contributed by atoms with Crippen molar-refractivity contribution in [1.82, 2.24) is 0 Å². The van der Waals surface area contributed by atoms with E-state index in [9.17, 15) is 39.6 Å². The molecule has 0 bridgehead atoms. The highest BCUT2D eigenvalue weighted by molar-refractivity contribution is 7.87. The summed E-state index contributed by atoms with van der Waals surface area (Å²) in [6, 6.07) is 0.186. The van der Waals surface area contributed by atoms with Crippen LogP contribution >= 0.6 is 0 Å². The maximum Gasteiger partial charge on any atom is 0.390 e. The molecule has 0 heterocycles. The molecule has 1 aromatic carbocycles. The van der Waals surface area contributed by atoms with Gasteiger partial charge in [0.05, 0.1) is 6.42 Å². The zero-order chi connectivity index (χ0) is 17.3. The van der Waals surface area contributed by atoms with Crippen molar-refractivity contribution in [2.45, 2.75) is 24.8 Å². The number of rotatable bonds is 4. The third-order valence-electron chi connectivity index (χ3n) is 2.38. The molecule has 0 saturated heterocycles. The van der Waals surface area contributed by atoms with Gasteiger partial charge in [-0.3, -0.25) is 4.79 Å². The zero-order valence-electron chi connectivity index (χ0n) is 10.7. The average molecular weight is 350 g/mol. The Hall–Kier alpha value is -1.78. The van der Waals surface area contributed by atoms with Crippen molar-refractivity contribution in [1.29, 1.82) is 0 Å². The number of hydrogen-bond donors (Lipinski definition) is 0. The first kappa shape index (κ1) is 18.3. The van der Waals surface area contributed by atoms with Gasteiger partial charge in [0, 0.05) is 6.92 Å². The molecule has 4 nitrogen and oxygen atoms in total. The molecule has 0 radical (unpaired) electrons. The van der Waals surface area contributed by atoms with Gasteiger partial charge in [-0.05, 0) is 17.7 Å². The summed E-state index contributed by atoms with van der Waals surface area (Å²) in [5, 5.41) is -2.62. The summed E-state index contributed by atoms with van der Waals surface area (Å²) in [7, 11) is -5.18. The van der Waals surface area contributed by atoms with Crippen molar-refractivity contribution in [3.63, 3.8) is 0 Å². The summed E-state index contributed by atoms with van der Waals surface area (Å²) in [6.07, 6.45) is -7.13. The molecule has 124 valence electrons. The Bertz CT molecular complexity index is 659. The van der Waals surface area contributed by atoms with Crippen LogP contribution in [-0.4, -0.2) is 20.6 Å². The Kier molecular flexibility index (Phi) is 5.10. The minimum absolute atomic E-state index is 0.0931. The van der Waals surface area contributed by atoms with E-state index in [1.807, 2.05) is 0 Å². The van der Waals surface area contributed by atoms with Gasteiger partial charge >= 0.3 is 22.3 Å². The first-order chi connectivity index (χ1) is 9.83. The van der Waals surface area contributed by atoms with E-state index in [4.69, 9.17) is 0 Å². The molecule has 0 aliphatic carbocycles. The molecular weight excluding hydrogens is 342 g/mol. The van der Waals surface area contributed by atoms with Crippen LogP contribution < -0.4 is 0 Å².